The predicted octanol–water partition coefficient (Wildman–Crippen LogP) is 8.43. The molecule has 2 rings (SSSR count). The molecule has 1 saturated heterocycles. The number of benzene rings is 1. The zero-order valence-corrected chi connectivity index (χ0v) is 25.0. The maximum atomic E-state index is 13.5. The fourth-order valence-corrected chi connectivity index (χ4v) is 4.45. The topological polar surface area (TPSA) is 115 Å². The van der Waals surface area contributed by atoms with Gasteiger partial charge in [-0.25, -0.2) is 0 Å². The van der Waals surface area contributed by atoms with E-state index in [1.165, 1.54) is 18.9 Å². The van der Waals surface area contributed by atoms with Gasteiger partial charge in [-0.2, -0.15) is 0 Å². The maximum Gasteiger partial charge on any atom is 0.256 e. The molecule has 1 aromatic rings. The van der Waals surface area contributed by atoms with E-state index in [-0.39, 0.29) is 47.5 Å². The van der Waals surface area contributed by atoms with Gasteiger partial charge < -0.3 is 25.2 Å². The minimum atomic E-state index is -0.268. The molecule has 0 aliphatic carbocycles. The minimum absolute atomic E-state index is 0.00674. The van der Waals surface area contributed by atoms with Gasteiger partial charge in [0.05, 0.1) is 35.3 Å². The normalized spacial score (nSPS) is 16.5. The number of aliphatic hydroxyl groups is 2. The summed E-state index contributed by atoms with van der Waals surface area (Å²) in [4.78, 5) is 26.5. The highest BCUT2D eigenvalue weighted by molar-refractivity contribution is 6.02. The quantitative estimate of drug-likeness (QED) is 0.0738. The van der Waals surface area contributed by atoms with Gasteiger partial charge in [-0.15, -0.1) is 4.91 Å². The third-order valence-corrected chi connectivity index (χ3v) is 7.00. The summed E-state index contributed by atoms with van der Waals surface area (Å²) in [6, 6.07) is 4.75. The molecule has 0 aromatic heterocycles. The number of ether oxygens (including phenoxy) is 1. The van der Waals surface area contributed by atoms with Crippen LogP contribution in [-0.2, 0) is 4.74 Å². The van der Waals surface area contributed by atoms with Crippen LogP contribution in [0.3, 0.4) is 0 Å². The Morgan fingerprint density at radius 1 is 1.21 bits per heavy atom. The summed E-state index contributed by atoms with van der Waals surface area (Å²) in [5.74, 6) is 0.520. The Kier molecular flexibility index (Phi) is 15.5. The summed E-state index contributed by atoms with van der Waals surface area (Å²) in [5, 5.41) is 25.4. The molecule has 2 unspecified atom stereocenters. The molecule has 8 nitrogen and oxygen atoms in total. The van der Waals surface area contributed by atoms with Gasteiger partial charge >= 0.3 is 0 Å². The zero-order chi connectivity index (χ0) is 29.4. The molecule has 8 heteroatoms. The Labute approximate surface area is 235 Å². The Morgan fingerprint density at radius 2 is 1.87 bits per heavy atom. The van der Waals surface area contributed by atoms with Gasteiger partial charge in [-0.05, 0) is 62.4 Å². The molecule has 1 fully saturated rings. The molecule has 0 radical (unpaired) electrons. The highest BCUT2D eigenvalue weighted by Crippen LogP contribution is 2.39. The lowest BCUT2D eigenvalue weighted by Crippen LogP contribution is -2.33. The second-order valence-electron chi connectivity index (χ2n) is 10.6. The van der Waals surface area contributed by atoms with Crippen molar-refractivity contribution in [2.45, 2.75) is 105 Å². The number of unbranched alkanes of at least 4 members (excludes halogenated alkanes) is 3. The third kappa shape index (κ3) is 12.2. The lowest BCUT2D eigenvalue weighted by Gasteiger charge is -2.23. The fourth-order valence-electron chi connectivity index (χ4n) is 4.45. The molecule has 0 saturated carbocycles. The monoisotopic (exact) mass is 545 g/mol. The van der Waals surface area contributed by atoms with Crippen molar-refractivity contribution < 1.29 is 19.7 Å². The molecule has 3 N–H and O–H groups in total. The molecule has 1 aliphatic heterocycles. The van der Waals surface area contributed by atoms with Gasteiger partial charge in [-0.3, -0.25) is 4.79 Å². The third-order valence-electron chi connectivity index (χ3n) is 7.00. The van der Waals surface area contributed by atoms with E-state index in [0.717, 1.165) is 32.1 Å². The van der Waals surface area contributed by atoms with Gasteiger partial charge in [0, 0.05) is 19.5 Å². The van der Waals surface area contributed by atoms with Crippen LogP contribution in [0.4, 0.5) is 11.4 Å². The van der Waals surface area contributed by atoms with Crippen molar-refractivity contribution in [3.05, 3.63) is 52.8 Å². The first-order valence-electron chi connectivity index (χ1n) is 14.5. The molecular weight excluding hydrogens is 494 g/mol. The molecule has 1 aliphatic rings. The fraction of sp³-hybridized carbons (Fsp3) is 0.645. The number of anilines is 1. The van der Waals surface area contributed by atoms with Crippen LogP contribution in [0.15, 0.2) is 47.5 Å². The Balaban J connectivity index is 0.00000371. The van der Waals surface area contributed by atoms with Crippen molar-refractivity contribution in [1.29, 1.82) is 0 Å². The van der Waals surface area contributed by atoms with E-state index in [1.807, 2.05) is 20.8 Å². The van der Waals surface area contributed by atoms with Crippen LogP contribution in [0.5, 0.6) is 0 Å². The molecule has 1 aromatic carbocycles. The van der Waals surface area contributed by atoms with E-state index in [1.54, 1.807) is 23.1 Å². The average Bonchev–Trinajstić information content (AvgIpc) is 3.55. The van der Waals surface area contributed by atoms with Gasteiger partial charge in [0.25, 0.3) is 5.91 Å². The van der Waals surface area contributed by atoms with E-state index in [2.05, 4.69) is 37.8 Å². The van der Waals surface area contributed by atoms with Crippen LogP contribution >= 0.6 is 0 Å². The number of epoxide rings is 1. The van der Waals surface area contributed by atoms with Crippen molar-refractivity contribution in [3.8, 4) is 0 Å². The number of aliphatic hydroxyl groups excluding tert-OH is 2. The smallest absolute Gasteiger partial charge is 0.256 e. The number of allylic oxidation sites excluding steroid dienone is 1. The maximum absolute atomic E-state index is 13.5. The Hall–Kier alpha value is -2.87. The van der Waals surface area contributed by atoms with Gasteiger partial charge in [0.1, 0.15) is 11.4 Å². The van der Waals surface area contributed by atoms with E-state index in [0.29, 0.717) is 30.6 Å². The van der Waals surface area contributed by atoms with Crippen molar-refractivity contribution >= 4 is 17.3 Å². The van der Waals surface area contributed by atoms with Crippen LogP contribution in [0.25, 0.3) is 0 Å². The van der Waals surface area contributed by atoms with E-state index in [9.17, 15) is 19.9 Å². The van der Waals surface area contributed by atoms with Gasteiger partial charge in [0.15, 0.2) is 0 Å². The predicted molar refractivity (Wildman–Crippen MR) is 161 cm³/mol. The molecule has 1 amide bonds. The molecule has 220 valence electrons. The molecule has 0 spiro atoms. The van der Waals surface area contributed by atoms with Crippen LogP contribution in [0, 0.1) is 10.8 Å². The number of hydrogen-bond acceptors (Lipinski definition) is 7. The second kappa shape index (κ2) is 17.7. The molecular formula is C31H51N3O5. The first kappa shape index (κ1) is 34.2. The van der Waals surface area contributed by atoms with Crippen molar-refractivity contribution in [3.63, 3.8) is 0 Å². The van der Waals surface area contributed by atoms with Crippen molar-refractivity contribution in [1.82, 2.24) is 4.90 Å². The minimum Gasteiger partial charge on any atom is -0.513 e. The molecule has 2 atom stereocenters. The summed E-state index contributed by atoms with van der Waals surface area (Å²) in [6.45, 7) is 16.7. The van der Waals surface area contributed by atoms with Crippen LogP contribution in [0.2, 0.25) is 0 Å². The first-order valence-corrected chi connectivity index (χ1v) is 14.5. The number of rotatable bonds is 18. The summed E-state index contributed by atoms with van der Waals surface area (Å²) in [7, 11) is 0. The highest BCUT2D eigenvalue weighted by atomic mass is 16.6. The standard InChI is InChI=1S/C29H45N3O5.C2H6/c1-6-23(34)17-19-32(18-10-8-7-9-12-21(2)15-16-26-29(4,5)37-26)28(35)24-13-11-14-25(31-36)27(24)30-20-22(3)33;1-2/h11,13-14,17,21,26,30,33-34H,3,6-10,12,15-16,18-20H2,1-2,4-5H3;1-2H3/b23-17+;. The van der Waals surface area contributed by atoms with E-state index in [4.69, 9.17) is 4.74 Å². The Bertz CT molecular complexity index is 944. The number of nitrogens with one attached hydrogen (secondary N) is 1. The number of para-hydroxylation sites is 1. The summed E-state index contributed by atoms with van der Waals surface area (Å²) < 4.78 is 5.68. The second-order valence-corrected chi connectivity index (χ2v) is 10.6. The van der Waals surface area contributed by atoms with Gasteiger partial charge in [0.2, 0.25) is 0 Å². The van der Waals surface area contributed by atoms with E-state index < -0.39 is 0 Å². The lowest BCUT2D eigenvalue weighted by atomic mass is 9.95. The molecule has 39 heavy (non-hydrogen) atoms. The van der Waals surface area contributed by atoms with Crippen molar-refractivity contribution in [2.75, 3.05) is 25.0 Å². The van der Waals surface area contributed by atoms with Crippen LogP contribution in [0.1, 0.15) is 103 Å². The highest BCUT2D eigenvalue weighted by Gasteiger charge is 2.46. The number of carbonyl (C=O) groups excluding carboxylic acids is 1. The molecule has 0 bridgehead atoms. The zero-order valence-electron chi connectivity index (χ0n) is 25.0. The Morgan fingerprint density at radius 3 is 2.46 bits per heavy atom. The SMILES string of the molecule is C=C(O)CNc1c(N=O)cccc1C(=O)N(C/C=C(/O)CC)CCCCCCC(C)CCC1OC1(C)C.CC. The first-order chi connectivity index (χ1) is 18.6. The summed E-state index contributed by atoms with van der Waals surface area (Å²) in [5.41, 5.74) is 0.714. The number of nitrogens with zero attached hydrogens (tertiary/aromatic N) is 2. The number of nitroso groups, excluding NO2 is 1. The lowest BCUT2D eigenvalue weighted by molar-refractivity contribution is 0.0771. The average molecular weight is 546 g/mol. The van der Waals surface area contributed by atoms with E-state index >= 15 is 0 Å². The summed E-state index contributed by atoms with van der Waals surface area (Å²) >= 11 is 0. The van der Waals surface area contributed by atoms with Crippen molar-refractivity contribution in [2.24, 2.45) is 11.1 Å². The molecule has 1 heterocycles. The summed E-state index contributed by atoms with van der Waals surface area (Å²) in [6.07, 6.45) is 10.2. The van der Waals surface area contributed by atoms with Crippen LogP contribution in [-0.4, -0.2) is 52.4 Å². The largest absolute Gasteiger partial charge is 0.513 e. The van der Waals surface area contributed by atoms with Crippen LogP contribution < -0.4 is 5.32 Å². The number of amides is 1. The number of carbonyl (C=O) groups is 1. The number of hydrogen-bond donors (Lipinski definition) is 3. The van der Waals surface area contributed by atoms with Gasteiger partial charge in [-0.1, -0.05) is 66.0 Å².